The third kappa shape index (κ3) is 3.75. The Kier molecular flexibility index (Phi) is 4.86. The van der Waals surface area contributed by atoms with Crippen molar-refractivity contribution in [3.05, 3.63) is 60.2 Å². The molecular formula is C20H20N6O3. The summed E-state index contributed by atoms with van der Waals surface area (Å²) in [5.41, 5.74) is 2.80. The first-order chi connectivity index (χ1) is 14.0. The van der Waals surface area contributed by atoms with Gasteiger partial charge in [0.1, 0.15) is 11.4 Å². The number of ether oxygens (including phenoxy) is 1. The number of aromatic nitrogens is 5. The number of carbonyl (C=O) groups is 1. The second kappa shape index (κ2) is 7.63. The zero-order valence-electron chi connectivity index (χ0n) is 16.3. The van der Waals surface area contributed by atoms with Crippen molar-refractivity contribution in [2.45, 2.75) is 6.54 Å². The van der Waals surface area contributed by atoms with Crippen LogP contribution in [0.25, 0.3) is 22.8 Å². The first-order valence-corrected chi connectivity index (χ1v) is 8.96. The minimum Gasteiger partial charge on any atom is -0.497 e. The monoisotopic (exact) mass is 392 g/mol. The number of rotatable bonds is 6. The average Bonchev–Trinajstić information content (AvgIpc) is 3.46. The molecule has 9 heteroatoms. The molecule has 3 aromatic heterocycles. The molecule has 0 saturated carbocycles. The average molecular weight is 392 g/mol. The van der Waals surface area contributed by atoms with E-state index < -0.39 is 0 Å². The third-order valence-electron chi connectivity index (χ3n) is 4.52. The van der Waals surface area contributed by atoms with E-state index in [1.54, 1.807) is 20.2 Å². The van der Waals surface area contributed by atoms with Crippen molar-refractivity contribution in [3.8, 4) is 28.5 Å². The molecule has 0 atom stereocenters. The first-order valence-electron chi connectivity index (χ1n) is 8.96. The van der Waals surface area contributed by atoms with Crippen LogP contribution >= 0.6 is 0 Å². The van der Waals surface area contributed by atoms with Crippen molar-refractivity contribution in [2.24, 2.45) is 14.1 Å². The number of amides is 1. The van der Waals surface area contributed by atoms with E-state index in [4.69, 9.17) is 9.26 Å². The summed E-state index contributed by atoms with van der Waals surface area (Å²) in [5, 5.41) is 11.2. The van der Waals surface area contributed by atoms with Crippen molar-refractivity contribution in [2.75, 3.05) is 7.11 Å². The summed E-state index contributed by atoms with van der Waals surface area (Å²) in [6, 6.07) is 13.0. The molecular weight excluding hydrogens is 372 g/mol. The minimum absolute atomic E-state index is 0.121. The molecule has 0 saturated heterocycles. The van der Waals surface area contributed by atoms with Crippen molar-refractivity contribution < 1.29 is 14.1 Å². The van der Waals surface area contributed by atoms with Crippen molar-refractivity contribution >= 4 is 5.91 Å². The van der Waals surface area contributed by atoms with E-state index in [0.717, 1.165) is 17.0 Å². The van der Waals surface area contributed by atoms with Gasteiger partial charge in [-0.25, -0.2) is 0 Å². The van der Waals surface area contributed by atoms with E-state index >= 15 is 0 Å². The quantitative estimate of drug-likeness (QED) is 0.541. The second-order valence-electron chi connectivity index (χ2n) is 6.47. The minimum atomic E-state index is -0.284. The van der Waals surface area contributed by atoms with Gasteiger partial charge >= 0.3 is 0 Å². The fraction of sp³-hybridized carbons (Fsp3) is 0.200. The fourth-order valence-corrected chi connectivity index (χ4v) is 2.97. The van der Waals surface area contributed by atoms with Crippen LogP contribution in [0.2, 0.25) is 0 Å². The molecule has 4 aromatic rings. The van der Waals surface area contributed by atoms with Gasteiger partial charge in [0.2, 0.25) is 11.7 Å². The van der Waals surface area contributed by atoms with E-state index in [2.05, 4.69) is 20.6 Å². The topological polar surface area (TPSA) is 100 Å². The summed E-state index contributed by atoms with van der Waals surface area (Å²) in [6.45, 7) is 0.121. The molecule has 1 N–H and O–H groups in total. The SMILES string of the molecule is COc1cccc(-c2cc(C(=O)NCc3nc(-c4cccn4C)no3)n(C)n2)c1. The Hall–Kier alpha value is -3.88. The van der Waals surface area contributed by atoms with Crippen LogP contribution in [0.1, 0.15) is 16.4 Å². The number of hydrogen-bond acceptors (Lipinski definition) is 6. The summed E-state index contributed by atoms with van der Waals surface area (Å²) < 4.78 is 13.9. The molecule has 0 bridgehead atoms. The van der Waals surface area contributed by atoms with Crippen LogP contribution in [-0.4, -0.2) is 37.5 Å². The van der Waals surface area contributed by atoms with Gasteiger partial charge in [-0.1, -0.05) is 17.3 Å². The molecule has 0 aliphatic rings. The van der Waals surface area contributed by atoms with Crippen molar-refractivity contribution in [1.82, 2.24) is 29.8 Å². The van der Waals surface area contributed by atoms with Crippen LogP contribution in [0.4, 0.5) is 0 Å². The second-order valence-corrected chi connectivity index (χ2v) is 6.47. The molecule has 148 valence electrons. The lowest BCUT2D eigenvalue weighted by atomic mass is 10.1. The molecule has 0 aliphatic carbocycles. The van der Waals surface area contributed by atoms with Gasteiger partial charge in [0.05, 0.1) is 25.0 Å². The highest BCUT2D eigenvalue weighted by atomic mass is 16.5. The molecule has 4 rings (SSSR count). The van der Waals surface area contributed by atoms with Crippen LogP contribution in [0.5, 0.6) is 5.75 Å². The Bertz CT molecular complexity index is 1160. The van der Waals surface area contributed by atoms with Gasteiger partial charge in [0, 0.05) is 25.9 Å². The number of methoxy groups -OCH3 is 1. The van der Waals surface area contributed by atoms with Gasteiger partial charge in [-0.3, -0.25) is 9.48 Å². The first kappa shape index (κ1) is 18.5. The van der Waals surface area contributed by atoms with Crippen LogP contribution in [-0.2, 0) is 20.6 Å². The van der Waals surface area contributed by atoms with Crippen molar-refractivity contribution in [3.63, 3.8) is 0 Å². The lowest BCUT2D eigenvalue weighted by Gasteiger charge is -2.01. The normalized spacial score (nSPS) is 10.9. The number of nitrogens with one attached hydrogen (secondary N) is 1. The van der Waals surface area contributed by atoms with E-state index in [1.807, 2.05) is 54.2 Å². The number of carbonyl (C=O) groups excluding carboxylic acids is 1. The van der Waals surface area contributed by atoms with Gasteiger partial charge < -0.3 is 19.1 Å². The van der Waals surface area contributed by atoms with Gasteiger partial charge in [-0.2, -0.15) is 10.1 Å². The Morgan fingerprint density at radius 2 is 2.07 bits per heavy atom. The Balaban J connectivity index is 1.46. The molecule has 0 radical (unpaired) electrons. The van der Waals surface area contributed by atoms with Gasteiger partial charge in [0.15, 0.2) is 0 Å². The predicted molar refractivity (Wildman–Crippen MR) is 105 cm³/mol. The number of aryl methyl sites for hydroxylation is 2. The van der Waals surface area contributed by atoms with E-state index in [0.29, 0.717) is 23.1 Å². The van der Waals surface area contributed by atoms with Crippen LogP contribution in [0.15, 0.2) is 53.2 Å². The Morgan fingerprint density at radius 1 is 1.21 bits per heavy atom. The fourth-order valence-electron chi connectivity index (χ4n) is 2.97. The summed E-state index contributed by atoms with van der Waals surface area (Å²) in [7, 11) is 5.23. The lowest BCUT2D eigenvalue weighted by Crippen LogP contribution is -2.25. The highest BCUT2D eigenvalue weighted by Crippen LogP contribution is 2.23. The maximum atomic E-state index is 12.6. The van der Waals surface area contributed by atoms with Crippen LogP contribution in [0.3, 0.4) is 0 Å². The summed E-state index contributed by atoms with van der Waals surface area (Å²) in [5.74, 6) is 1.24. The maximum absolute atomic E-state index is 12.6. The molecule has 1 amide bonds. The van der Waals surface area contributed by atoms with Crippen molar-refractivity contribution in [1.29, 1.82) is 0 Å². The molecule has 9 nitrogen and oxygen atoms in total. The highest BCUT2D eigenvalue weighted by Gasteiger charge is 2.16. The number of benzene rings is 1. The summed E-state index contributed by atoms with van der Waals surface area (Å²) in [4.78, 5) is 16.9. The number of hydrogen-bond donors (Lipinski definition) is 1. The van der Waals surface area contributed by atoms with Crippen LogP contribution < -0.4 is 10.1 Å². The van der Waals surface area contributed by atoms with Gasteiger partial charge in [0.25, 0.3) is 5.91 Å². The largest absolute Gasteiger partial charge is 0.497 e. The number of nitrogens with zero attached hydrogens (tertiary/aromatic N) is 5. The smallest absolute Gasteiger partial charge is 0.269 e. The maximum Gasteiger partial charge on any atom is 0.269 e. The van der Waals surface area contributed by atoms with Gasteiger partial charge in [-0.05, 0) is 30.3 Å². The predicted octanol–water partition coefficient (Wildman–Crippen LogP) is 2.41. The van der Waals surface area contributed by atoms with Gasteiger partial charge in [-0.15, -0.1) is 0 Å². The zero-order valence-corrected chi connectivity index (χ0v) is 16.3. The molecule has 3 heterocycles. The summed E-state index contributed by atoms with van der Waals surface area (Å²) in [6.07, 6.45) is 1.90. The standard InChI is InChI=1S/C20H20N6O3/c1-25-9-5-8-16(25)19-22-18(29-24-19)12-21-20(27)17-11-15(23-26(17)2)13-6-4-7-14(10-13)28-3/h4-11H,12H2,1-3H3,(H,21,27). The van der Waals surface area contributed by atoms with Crippen LogP contribution in [0, 0.1) is 0 Å². The molecule has 0 aliphatic heterocycles. The zero-order chi connectivity index (χ0) is 20.4. The molecule has 0 unspecified atom stereocenters. The summed E-state index contributed by atoms with van der Waals surface area (Å²) >= 11 is 0. The lowest BCUT2D eigenvalue weighted by molar-refractivity contribution is 0.0937. The van der Waals surface area contributed by atoms with E-state index in [-0.39, 0.29) is 12.5 Å². The third-order valence-corrected chi connectivity index (χ3v) is 4.52. The Labute approximate surface area is 166 Å². The molecule has 0 fully saturated rings. The molecule has 1 aromatic carbocycles. The molecule has 0 spiro atoms. The highest BCUT2D eigenvalue weighted by molar-refractivity contribution is 5.93. The van der Waals surface area contributed by atoms with E-state index in [1.165, 1.54) is 4.68 Å². The van der Waals surface area contributed by atoms with E-state index in [9.17, 15) is 4.79 Å². The molecule has 29 heavy (non-hydrogen) atoms. The Morgan fingerprint density at radius 3 is 2.83 bits per heavy atom.